The number of rotatable bonds is 4. The van der Waals surface area contributed by atoms with Crippen LogP contribution in [0.5, 0.6) is 0 Å². The van der Waals surface area contributed by atoms with Gasteiger partial charge in [0.05, 0.1) is 0 Å². The maximum absolute atomic E-state index is 12.1. The molecule has 0 aromatic rings. The van der Waals surface area contributed by atoms with Gasteiger partial charge in [-0.1, -0.05) is 20.8 Å². The molecule has 1 heterocycles. The van der Waals surface area contributed by atoms with Gasteiger partial charge in [-0.2, -0.15) is 0 Å². The zero-order valence-corrected chi connectivity index (χ0v) is 11.1. The zero-order chi connectivity index (χ0) is 12.1. The molecule has 1 aliphatic rings. The third-order valence-corrected chi connectivity index (χ3v) is 3.82. The molecule has 0 aliphatic carbocycles. The van der Waals surface area contributed by atoms with Gasteiger partial charge in [0.1, 0.15) is 0 Å². The van der Waals surface area contributed by atoms with E-state index in [4.69, 9.17) is 0 Å². The number of likely N-dealkylation sites (N-methyl/N-ethyl adjacent to an activating group) is 1. The summed E-state index contributed by atoms with van der Waals surface area (Å²) >= 11 is 0. The van der Waals surface area contributed by atoms with Gasteiger partial charge in [0.2, 0.25) is 5.91 Å². The van der Waals surface area contributed by atoms with Crippen LogP contribution >= 0.6 is 0 Å². The Hall–Kier alpha value is -0.570. The second-order valence-corrected chi connectivity index (χ2v) is 5.39. The molecule has 1 amide bonds. The van der Waals surface area contributed by atoms with Crippen molar-refractivity contribution in [2.24, 2.45) is 11.8 Å². The van der Waals surface area contributed by atoms with Gasteiger partial charge in [-0.3, -0.25) is 4.79 Å². The summed E-state index contributed by atoms with van der Waals surface area (Å²) in [6, 6.07) is 0.493. The van der Waals surface area contributed by atoms with E-state index in [-0.39, 0.29) is 0 Å². The molecule has 3 nitrogen and oxygen atoms in total. The van der Waals surface area contributed by atoms with Crippen molar-refractivity contribution in [2.75, 3.05) is 20.1 Å². The highest BCUT2D eigenvalue weighted by Gasteiger charge is 2.24. The fraction of sp³-hybridized carbons (Fsp3) is 0.923. The Kier molecular flexibility index (Phi) is 5.26. The standard InChI is InChI=1S/C13H26N2O/c1-10(2)11(3)8-13(16)15-7-5-6-12(9-15)14-4/h10-12,14H,5-9H2,1-4H3. The van der Waals surface area contributed by atoms with E-state index in [2.05, 4.69) is 26.1 Å². The van der Waals surface area contributed by atoms with Crippen molar-refractivity contribution >= 4 is 5.91 Å². The number of carbonyl (C=O) groups is 1. The molecule has 1 rings (SSSR count). The van der Waals surface area contributed by atoms with Gasteiger partial charge in [0, 0.05) is 25.6 Å². The predicted molar refractivity (Wildman–Crippen MR) is 67.3 cm³/mol. The Morgan fingerprint density at radius 1 is 1.44 bits per heavy atom. The summed E-state index contributed by atoms with van der Waals surface area (Å²) < 4.78 is 0. The van der Waals surface area contributed by atoms with Crippen molar-refractivity contribution in [1.82, 2.24) is 10.2 Å². The van der Waals surface area contributed by atoms with Crippen LogP contribution < -0.4 is 5.32 Å². The molecule has 0 aromatic carbocycles. The fourth-order valence-corrected chi connectivity index (χ4v) is 2.08. The van der Waals surface area contributed by atoms with Crippen molar-refractivity contribution in [3.63, 3.8) is 0 Å². The smallest absolute Gasteiger partial charge is 0.222 e. The van der Waals surface area contributed by atoms with Crippen LogP contribution in [0, 0.1) is 11.8 Å². The molecule has 0 spiro atoms. The van der Waals surface area contributed by atoms with E-state index < -0.39 is 0 Å². The molecule has 0 radical (unpaired) electrons. The van der Waals surface area contributed by atoms with Crippen LogP contribution in [0.2, 0.25) is 0 Å². The lowest BCUT2D eigenvalue weighted by Crippen LogP contribution is -2.47. The topological polar surface area (TPSA) is 32.3 Å². The second-order valence-electron chi connectivity index (χ2n) is 5.39. The van der Waals surface area contributed by atoms with Crippen molar-refractivity contribution in [2.45, 2.75) is 46.1 Å². The highest BCUT2D eigenvalue weighted by Crippen LogP contribution is 2.17. The summed E-state index contributed by atoms with van der Waals surface area (Å²) in [6.45, 7) is 8.37. The van der Waals surface area contributed by atoms with Gasteiger partial charge < -0.3 is 10.2 Å². The van der Waals surface area contributed by atoms with Crippen LogP contribution in [0.15, 0.2) is 0 Å². The number of nitrogens with one attached hydrogen (secondary N) is 1. The minimum Gasteiger partial charge on any atom is -0.341 e. The molecule has 2 atom stereocenters. The number of nitrogens with zero attached hydrogens (tertiary/aromatic N) is 1. The number of hydrogen-bond acceptors (Lipinski definition) is 2. The van der Waals surface area contributed by atoms with Gasteiger partial charge in [0.15, 0.2) is 0 Å². The highest BCUT2D eigenvalue weighted by molar-refractivity contribution is 5.76. The molecule has 16 heavy (non-hydrogen) atoms. The van der Waals surface area contributed by atoms with E-state index in [1.54, 1.807) is 0 Å². The number of carbonyl (C=O) groups excluding carboxylic acids is 1. The summed E-state index contributed by atoms with van der Waals surface area (Å²) in [5.41, 5.74) is 0. The summed E-state index contributed by atoms with van der Waals surface area (Å²) in [5.74, 6) is 1.41. The Morgan fingerprint density at radius 3 is 2.69 bits per heavy atom. The minimum atomic E-state index is 0.334. The van der Waals surface area contributed by atoms with Crippen molar-refractivity contribution in [3.05, 3.63) is 0 Å². The number of hydrogen-bond donors (Lipinski definition) is 1. The number of piperidine rings is 1. The first-order valence-corrected chi connectivity index (χ1v) is 6.49. The van der Waals surface area contributed by atoms with Crippen LogP contribution in [0.3, 0.4) is 0 Å². The lowest BCUT2D eigenvalue weighted by atomic mass is 9.93. The van der Waals surface area contributed by atoms with Crippen LogP contribution in [0.4, 0.5) is 0 Å². The van der Waals surface area contributed by atoms with Gasteiger partial charge in [-0.05, 0) is 31.7 Å². The van der Waals surface area contributed by atoms with E-state index in [9.17, 15) is 4.79 Å². The summed E-state index contributed by atoms with van der Waals surface area (Å²) in [7, 11) is 1.98. The molecule has 3 heteroatoms. The average Bonchev–Trinajstić information content (AvgIpc) is 2.28. The maximum atomic E-state index is 12.1. The average molecular weight is 226 g/mol. The van der Waals surface area contributed by atoms with Gasteiger partial charge in [-0.25, -0.2) is 0 Å². The summed E-state index contributed by atoms with van der Waals surface area (Å²) in [6.07, 6.45) is 3.03. The lowest BCUT2D eigenvalue weighted by Gasteiger charge is -2.33. The molecule has 0 bridgehead atoms. The monoisotopic (exact) mass is 226 g/mol. The third-order valence-electron chi connectivity index (χ3n) is 3.82. The molecule has 1 saturated heterocycles. The van der Waals surface area contributed by atoms with E-state index in [0.717, 1.165) is 19.5 Å². The van der Waals surface area contributed by atoms with Gasteiger partial charge in [-0.15, -0.1) is 0 Å². The van der Waals surface area contributed by atoms with Gasteiger partial charge >= 0.3 is 0 Å². The van der Waals surface area contributed by atoms with Crippen LogP contribution in [0.1, 0.15) is 40.0 Å². The maximum Gasteiger partial charge on any atom is 0.222 e. The molecular formula is C13H26N2O. The summed E-state index contributed by atoms with van der Waals surface area (Å²) in [4.78, 5) is 14.1. The van der Waals surface area contributed by atoms with Crippen LogP contribution in [-0.4, -0.2) is 37.0 Å². The first-order chi connectivity index (χ1) is 7.54. The van der Waals surface area contributed by atoms with Crippen molar-refractivity contribution in [1.29, 1.82) is 0 Å². The minimum absolute atomic E-state index is 0.334. The van der Waals surface area contributed by atoms with Crippen LogP contribution in [0.25, 0.3) is 0 Å². The Balaban J connectivity index is 2.41. The first kappa shape index (κ1) is 13.5. The van der Waals surface area contributed by atoms with Crippen molar-refractivity contribution < 1.29 is 4.79 Å². The SMILES string of the molecule is CNC1CCCN(C(=O)CC(C)C(C)C)C1. The second kappa shape index (κ2) is 6.24. The van der Waals surface area contributed by atoms with E-state index in [1.165, 1.54) is 6.42 Å². The normalized spacial score (nSPS) is 23.6. The molecule has 0 saturated carbocycles. The van der Waals surface area contributed by atoms with Crippen molar-refractivity contribution in [3.8, 4) is 0 Å². The Bertz CT molecular complexity index is 228. The Labute approximate surface area is 99.6 Å². The molecule has 0 aromatic heterocycles. The quantitative estimate of drug-likeness (QED) is 0.794. The molecular weight excluding hydrogens is 200 g/mol. The number of likely N-dealkylation sites (tertiary alicyclic amines) is 1. The van der Waals surface area contributed by atoms with E-state index in [0.29, 0.717) is 30.2 Å². The largest absolute Gasteiger partial charge is 0.341 e. The predicted octanol–water partition coefficient (Wildman–Crippen LogP) is 1.88. The number of amides is 1. The summed E-state index contributed by atoms with van der Waals surface area (Å²) in [5, 5.41) is 3.27. The molecule has 1 N–H and O–H groups in total. The van der Waals surface area contributed by atoms with Gasteiger partial charge in [0.25, 0.3) is 0 Å². The zero-order valence-electron chi connectivity index (χ0n) is 11.1. The molecule has 94 valence electrons. The lowest BCUT2D eigenvalue weighted by molar-refractivity contribution is -0.133. The van der Waals surface area contributed by atoms with E-state index in [1.807, 2.05) is 11.9 Å². The fourth-order valence-electron chi connectivity index (χ4n) is 2.08. The highest BCUT2D eigenvalue weighted by atomic mass is 16.2. The van der Waals surface area contributed by atoms with E-state index >= 15 is 0 Å². The van der Waals surface area contributed by atoms with Crippen LogP contribution in [-0.2, 0) is 4.79 Å². The third kappa shape index (κ3) is 3.78. The first-order valence-electron chi connectivity index (χ1n) is 6.49. The molecule has 1 fully saturated rings. The Morgan fingerprint density at radius 2 is 2.12 bits per heavy atom. The molecule has 1 aliphatic heterocycles. The molecule has 2 unspecified atom stereocenters.